The monoisotopic (exact) mass is 416 g/mol. The Balaban J connectivity index is 1.51. The zero-order chi connectivity index (χ0) is 19.9. The first kappa shape index (κ1) is 19.7. The second kappa shape index (κ2) is 9.25. The summed E-state index contributed by atoms with van der Waals surface area (Å²) < 4.78 is 1.77. The minimum atomic E-state index is -0.622. The molecule has 0 aliphatic rings. The number of primary amides is 1. The van der Waals surface area contributed by atoms with Crippen molar-refractivity contribution in [1.82, 2.24) is 20.1 Å². The highest BCUT2D eigenvalue weighted by Gasteiger charge is 2.10. The third kappa shape index (κ3) is 5.48. The lowest BCUT2D eigenvalue weighted by Crippen LogP contribution is -2.24. The maximum Gasteiger partial charge on any atom is 0.316 e. The standard InChI is InChI=1S/C18H17ClN6O2S/c19-13-2-1-3-15(8-13)25-11-22-24-18(25)28-10-16(26)21-9-12-4-6-14(7-5-12)23-17(20)27/h1-8,11H,9-10H2,(H,21,26)(H3,20,23,27). The summed E-state index contributed by atoms with van der Waals surface area (Å²) in [6.45, 7) is 0.372. The summed E-state index contributed by atoms with van der Waals surface area (Å²) in [6, 6.07) is 13.7. The van der Waals surface area contributed by atoms with E-state index in [2.05, 4.69) is 20.8 Å². The molecule has 1 heterocycles. The Bertz CT molecular complexity index is 976. The van der Waals surface area contributed by atoms with Gasteiger partial charge in [-0.2, -0.15) is 0 Å². The molecule has 1 aromatic heterocycles. The number of hydrogen-bond acceptors (Lipinski definition) is 5. The highest BCUT2D eigenvalue weighted by molar-refractivity contribution is 7.99. The number of carbonyl (C=O) groups is 2. The van der Waals surface area contributed by atoms with Crippen molar-refractivity contribution < 1.29 is 9.59 Å². The molecule has 3 amide bonds. The van der Waals surface area contributed by atoms with Gasteiger partial charge in [-0.3, -0.25) is 9.36 Å². The Morgan fingerprint density at radius 2 is 1.96 bits per heavy atom. The molecule has 3 aromatic rings. The van der Waals surface area contributed by atoms with Gasteiger partial charge in [-0.15, -0.1) is 10.2 Å². The summed E-state index contributed by atoms with van der Waals surface area (Å²) in [6.07, 6.45) is 1.58. The van der Waals surface area contributed by atoms with E-state index < -0.39 is 6.03 Å². The average molecular weight is 417 g/mol. The van der Waals surface area contributed by atoms with Gasteiger partial charge >= 0.3 is 6.03 Å². The smallest absolute Gasteiger partial charge is 0.316 e. The van der Waals surface area contributed by atoms with Crippen LogP contribution in [0.25, 0.3) is 5.69 Å². The van der Waals surface area contributed by atoms with E-state index in [1.54, 1.807) is 47.3 Å². The van der Waals surface area contributed by atoms with E-state index in [0.29, 0.717) is 22.4 Å². The summed E-state index contributed by atoms with van der Waals surface area (Å²) in [7, 11) is 0. The first-order valence-corrected chi connectivity index (χ1v) is 9.58. The molecule has 144 valence electrons. The van der Waals surface area contributed by atoms with Crippen LogP contribution in [0.5, 0.6) is 0 Å². The summed E-state index contributed by atoms with van der Waals surface area (Å²) in [5.74, 6) is 0.0607. The number of thioether (sulfide) groups is 1. The predicted molar refractivity (Wildman–Crippen MR) is 109 cm³/mol. The number of anilines is 1. The molecule has 0 fully saturated rings. The molecule has 10 heteroatoms. The van der Waals surface area contributed by atoms with Gasteiger partial charge in [0.2, 0.25) is 5.91 Å². The van der Waals surface area contributed by atoms with E-state index in [4.69, 9.17) is 17.3 Å². The Kier molecular flexibility index (Phi) is 6.51. The van der Waals surface area contributed by atoms with Crippen molar-refractivity contribution in [1.29, 1.82) is 0 Å². The maximum absolute atomic E-state index is 12.1. The second-order valence-corrected chi connectivity index (χ2v) is 7.09. The van der Waals surface area contributed by atoms with Crippen molar-refractivity contribution in [3.05, 3.63) is 65.4 Å². The fourth-order valence-electron chi connectivity index (χ4n) is 2.36. The molecule has 0 aliphatic carbocycles. The summed E-state index contributed by atoms with van der Waals surface area (Å²) in [5, 5.41) is 14.5. The van der Waals surface area contributed by atoms with Crippen molar-refractivity contribution in [3.8, 4) is 5.69 Å². The van der Waals surface area contributed by atoms with E-state index in [9.17, 15) is 9.59 Å². The Morgan fingerprint density at radius 3 is 2.68 bits per heavy atom. The van der Waals surface area contributed by atoms with E-state index in [1.807, 2.05) is 12.1 Å². The lowest BCUT2D eigenvalue weighted by atomic mass is 10.2. The molecule has 0 spiro atoms. The zero-order valence-electron chi connectivity index (χ0n) is 14.6. The summed E-state index contributed by atoms with van der Waals surface area (Å²) in [4.78, 5) is 22.9. The van der Waals surface area contributed by atoms with Crippen LogP contribution < -0.4 is 16.4 Å². The van der Waals surface area contributed by atoms with Gasteiger partial charge in [-0.05, 0) is 35.9 Å². The van der Waals surface area contributed by atoms with Crippen molar-refractivity contribution in [2.24, 2.45) is 5.73 Å². The van der Waals surface area contributed by atoms with Crippen LogP contribution in [0.3, 0.4) is 0 Å². The highest BCUT2D eigenvalue weighted by atomic mass is 35.5. The van der Waals surface area contributed by atoms with Crippen molar-refractivity contribution in [3.63, 3.8) is 0 Å². The number of carbonyl (C=O) groups excluding carboxylic acids is 2. The first-order chi connectivity index (χ1) is 13.5. The molecule has 28 heavy (non-hydrogen) atoms. The number of nitrogens with zero attached hydrogens (tertiary/aromatic N) is 3. The molecule has 4 N–H and O–H groups in total. The first-order valence-electron chi connectivity index (χ1n) is 8.22. The van der Waals surface area contributed by atoms with Gasteiger partial charge in [0.05, 0.1) is 11.4 Å². The SMILES string of the molecule is NC(=O)Nc1ccc(CNC(=O)CSc2nncn2-c2cccc(Cl)c2)cc1. The molecular formula is C18H17ClN6O2S. The minimum absolute atomic E-state index is 0.134. The Morgan fingerprint density at radius 1 is 1.18 bits per heavy atom. The number of urea groups is 1. The van der Waals surface area contributed by atoms with E-state index in [-0.39, 0.29) is 11.7 Å². The maximum atomic E-state index is 12.1. The molecule has 8 nitrogen and oxygen atoms in total. The van der Waals surface area contributed by atoms with Crippen molar-refractivity contribution >= 4 is 41.0 Å². The number of amides is 3. The van der Waals surface area contributed by atoms with Crippen LogP contribution in [-0.4, -0.2) is 32.5 Å². The molecule has 0 saturated heterocycles. The molecule has 0 aliphatic heterocycles. The lowest BCUT2D eigenvalue weighted by Gasteiger charge is -2.08. The van der Waals surface area contributed by atoms with Gasteiger partial charge in [0.25, 0.3) is 0 Å². The minimum Gasteiger partial charge on any atom is -0.351 e. The van der Waals surface area contributed by atoms with Crippen molar-refractivity contribution in [2.45, 2.75) is 11.7 Å². The topological polar surface area (TPSA) is 115 Å². The number of nitrogens with two attached hydrogens (primary N) is 1. The number of nitrogens with one attached hydrogen (secondary N) is 2. The summed E-state index contributed by atoms with van der Waals surface area (Å²) in [5.41, 5.74) is 7.38. The van der Waals surface area contributed by atoms with Crippen LogP contribution in [0.15, 0.2) is 60.0 Å². The molecule has 3 rings (SSSR count). The highest BCUT2D eigenvalue weighted by Crippen LogP contribution is 2.21. The number of aromatic nitrogens is 3. The normalized spacial score (nSPS) is 10.5. The number of rotatable bonds is 7. The van der Waals surface area contributed by atoms with Gasteiger partial charge < -0.3 is 16.4 Å². The second-order valence-electron chi connectivity index (χ2n) is 5.71. The molecule has 0 unspecified atom stereocenters. The Labute approximate surface area is 170 Å². The zero-order valence-corrected chi connectivity index (χ0v) is 16.2. The van der Waals surface area contributed by atoms with Crippen LogP contribution in [0.2, 0.25) is 5.02 Å². The summed E-state index contributed by atoms with van der Waals surface area (Å²) >= 11 is 7.30. The molecule has 0 bridgehead atoms. The van der Waals surface area contributed by atoms with E-state index in [1.165, 1.54) is 11.8 Å². The van der Waals surface area contributed by atoms with Crippen LogP contribution in [-0.2, 0) is 11.3 Å². The predicted octanol–water partition coefficient (Wildman–Crippen LogP) is 2.82. The largest absolute Gasteiger partial charge is 0.351 e. The van der Waals surface area contributed by atoms with E-state index >= 15 is 0 Å². The number of hydrogen-bond donors (Lipinski definition) is 3. The quantitative estimate of drug-likeness (QED) is 0.512. The van der Waals surface area contributed by atoms with Gasteiger partial charge in [0.1, 0.15) is 6.33 Å². The lowest BCUT2D eigenvalue weighted by molar-refractivity contribution is -0.118. The van der Waals surface area contributed by atoms with Crippen LogP contribution in [0.1, 0.15) is 5.56 Å². The Hall–Kier alpha value is -3.04. The fraction of sp³-hybridized carbons (Fsp3) is 0.111. The van der Waals surface area contributed by atoms with Gasteiger partial charge in [-0.25, -0.2) is 4.79 Å². The van der Waals surface area contributed by atoms with Crippen LogP contribution in [0.4, 0.5) is 10.5 Å². The third-order valence-corrected chi connectivity index (χ3v) is 4.82. The van der Waals surface area contributed by atoms with E-state index in [0.717, 1.165) is 11.3 Å². The number of benzene rings is 2. The molecule has 0 saturated carbocycles. The molecule has 2 aromatic carbocycles. The van der Waals surface area contributed by atoms with Crippen LogP contribution >= 0.6 is 23.4 Å². The molecule has 0 atom stereocenters. The van der Waals surface area contributed by atoms with Gasteiger partial charge in [-0.1, -0.05) is 41.6 Å². The van der Waals surface area contributed by atoms with Gasteiger partial charge in [0.15, 0.2) is 5.16 Å². The van der Waals surface area contributed by atoms with Gasteiger partial charge in [0, 0.05) is 17.3 Å². The average Bonchev–Trinajstić information content (AvgIpc) is 3.14. The molecule has 0 radical (unpaired) electrons. The van der Waals surface area contributed by atoms with Crippen LogP contribution in [0, 0.1) is 0 Å². The number of halogens is 1. The van der Waals surface area contributed by atoms with Crippen molar-refractivity contribution in [2.75, 3.05) is 11.1 Å². The molecular weight excluding hydrogens is 400 g/mol. The third-order valence-electron chi connectivity index (χ3n) is 3.65. The fourth-order valence-corrected chi connectivity index (χ4v) is 3.30.